The van der Waals surface area contributed by atoms with Crippen LogP contribution in [0.2, 0.25) is 0 Å². The summed E-state index contributed by atoms with van der Waals surface area (Å²) in [5.41, 5.74) is 1.66. The molecule has 8 heteroatoms. The highest BCUT2D eigenvalue weighted by Crippen LogP contribution is 2.27. The summed E-state index contributed by atoms with van der Waals surface area (Å²) in [5, 5.41) is 10.8. The molecule has 0 N–H and O–H groups in total. The molecule has 2 aromatic carbocycles. The molecule has 0 saturated heterocycles. The minimum Gasteiger partial charge on any atom is -0.497 e. The Morgan fingerprint density at radius 1 is 1.16 bits per heavy atom. The molecule has 7 nitrogen and oxygen atoms in total. The number of hydrogen-bond donors (Lipinski definition) is 0. The second-order valence-corrected chi connectivity index (χ2v) is 7.38. The number of hydrogen-bond acceptors (Lipinski definition) is 7. The van der Waals surface area contributed by atoms with Gasteiger partial charge in [-0.3, -0.25) is 9.59 Å². The Morgan fingerprint density at radius 2 is 1.94 bits per heavy atom. The number of carbonyl (C=O) groups is 2. The van der Waals surface area contributed by atoms with Crippen LogP contribution >= 0.6 is 11.8 Å². The maximum atomic E-state index is 13.0. The summed E-state index contributed by atoms with van der Waals surface area (Å²) in [6.45, 7) is 1.77. The first-order chi connectivity index (χ1) is 15.0. The molecule has 158 valence electrons. The van der Waals surface area contributed by atoms with Gasteiger partial charge in [0, 0.05) is 11.1 Å². The number of rotatable bonds is 8. The van der Waals surface area contributed by atoms with Crippen molar-refractivity contribution in [1.82, 2.24) is 4.98 Å². The number of nitriles is 1. The standard InChI is InChI=1S/C23H21N3O4S/c1-3-30-22(28)14-26(18-7-5-4-6-8-18)21(27)15-31-23-17(13-24)11-16-12-19(29-2)9-10-20(16)25-23/h4-12H,3,14-15H2,1-2H3. The maximum Gasteiger partial charge on any atom is 0.326 e. The van der Waals surface area contributed by atoms with Gasteiger partial charge in [0.15, 0.2) is 0 Å². The molecule has 0 spiro atoms. The molecule has 0 saturated carbocycles. The maximum absolute atomic E-state index is 13.0. The zero-order chi connectivity index (χ0) is 22.2. The van der Waals surface area contributed by atoms with Gasteiger partial charge in [0.2, 0.25) is 5.91 Å². The van der Waals surface area contributed by atoms with Crippen molar-refractivity contribution in [3.05, 3.63) is 60.2 Å². The first-order valence-electron chi connectivity index (χ1n) is 9.58. The van der Waals surface area contributed by atoms with Crippen LogP contribution in [0.25, 0.3) is 10.9 Å². The van der Waals surface area contributed by atoms with Crippen LogP contribution in [0.15, 0.2) is 59.6 Å². The van der Waals surface area contributed by atoms with Crippen molar-refractivity contribution in [1.29, 1.82) is 5.26 Å². The summed E-state index contributed by atoms with van der Waals surface area (Å²) in [6.07, 6.45) is 0. The topological polar surface area (TPSA) is 92.5 Å². The average molecular weight is 436 g/mol. The molecule has 1 aromatic heterocycles. The number of para-hydroxylation sites is 1. The first kappa shape index (κ1) is 22.1. The van der Waals surface area contributed by atoms with Crippen molar-refractivity contribution in [3.8, 4) is 11.8 Å². The molecule has 1 amide bonds. The molecular formula is C23H21N3O4S. The van der Waals surface area contributed by atoms with Gasteiger partial charge >= 0.3 is 5.97 Å². The molecule has 3 aromatic rings. The number of thioether (sulfide) groups is 1. The number of aromatic nitrogens is 1. The molecule has 0 aliphatic rings. The van der Waals surface area contributed by atoms with E-state index in [0.29, 0.717) is 27.5 Å². The van der Waals surface area contributed by atoms with Crippen LogP contribution in [-0.4, -0.2) is 42.9 Å². The van der Waals surface area contributed by atoms with Crippen LogP contribution in [0.5, 0.6) is 5.75 Å². The quantitative estimate of drug-likeness (QED) is 0.392. The largest absolute Gasteiger partial charge is 0.497 e. The predicted molar refractivity (Wildman–Crippen MR) is 119 cm³/mol. The van der Waals surface area contributed by atoms with E-state index in [2.05, 4.69) is 11.1 Å². The highest BCUT2D eigenvalue weighted by Gasteiger charge is 2.21. The summed E-state index contributed by atoms with van der Waals surface area (Å²) >= 11 is 1.16. The van der Waals surface area contributed by atoms with Crippen molar-refractivity contribution in [2.45, 2.75) is 11.9 Å². The fraction of sp³-hybridized carbons (Fsp3) is 0.217. The van der Waals surface area contributed by atoms with Gasteiger partial charge in [-0.15, -0.1) is 0 Å². The number of fused-ring (bicyclic) bond motifs is 1. The van der Waals surface area contributed by atoms with Crippen molar-refractivity contribution in [2.24, 2.45) is 0 Å². The van der Waals surface area contributed by atoms with Crippen molar-refractivity contribution < 1.29 is 19.1 Å². The normalized spacial score (nSPS) is 10.4. The van der Waals surface area contributed by atoms with E-state index in [4.69, 9.17) is 9.47 Å². The third-order valence-electron chi connectivity index (χ3n) is 4.40. The fourth-order valence-corrected chi connectivity index (χ4v) is 3.77. The van der Waals surface area contributed by atoms with Crippen LogP contribution in [0, 0.1) is 11.3 Å². The van der Waals surface area contributed by atoms with Gasteiger partial charge in [0.25, 0.3) is 0 Å². The fourth-order valence-electron chi connectivity index (χ4n) is 2.93. The van der Waals surface area contributed by atoms with Gasteiger partial charge in [0.1, 0.15) is 23.4 Å². The highest BCUT2D eigenvalue weighted by atomic mass is 32.2. The highest BCUT2D eigenvalue weighted by molar-refractivity contribution is 8.00. The summed E-state index contributed by atoms with van der Waals surface area (Å²) in [7, 11) is 1.57. The first-order valence-corrected chi connectivity index (χ1v) is 10.6. The molecule has 3 rings (SSSR count). The van der Waals surface area contributed by atoms with Gasteiger partial charge in [-0.25, -0.2) is 4.98 Å². The van der Waals surface area contributed by atoms with Gasteiger partial charge < -0.3 is 14.4 Å². The Kier molecular flexibility index (Phi) is 7.46. The van der Waals surface area contributed by atoms with E-state index in [0.717, 1.165) is 17.1 Å². The number of nitrogens with zero attached hydrogens (tertiary/aromatic N) is 3. The lowest BCUT2D eigenvalue weighted by Crippen LogP contribution is -2.37. The number of amides is 1. The van der Waals surface area contributed by atoms with Gasteiger partial charge in [-0.1, -0.05) is 30.0 Å². The van der Waals surface area contributed by atoms with E-state index in [9.17, 15) is 14.9 Å². The Morgan fingerprint density at radius 3 is 2.61 bits per heavy atom. The van der Waals surface area contributed by atoms with Crippen molar-refractivity contribution >= 4 is 40.2 Å². The zero-order valence-electron chi connectivity index (χ0n) is 17.2. The Hall–Kier alpha value is -3.57. The van der Waals surface area contributed by atoms with Gasteiger partial charge in [-0.2, -0.15) is 5.26 Å². The molecule has 0 bridgehead atoms. The second kappa shape index (κ2) is 10.5. The number of methoxy groups -OCH3 is 1. The lowest BCUT2D eigenvalue weighted by molar-refractivity contribution is -0.142. The number of carbonyl (C=O) groups excluding carboxylic acids is 2. The smallest absolute Gasteiger partial charge is 0.326 e. The number of anilines is 1. The summed E-state index contributed by atoms with van der Waals surface area (Å²) in [6, 6.07) is 18.2. The third kappa shape index (κ3) is 5.53. The van der Waals surface area contributed by atoms with Gasteiger partial charge in [0.05, 0.1) is 30.5 Å². The van der Waals surface area contributed by atoms with Crippen LogP contribution < -0.4 is 9.64 Å². The monoisotopic (exact) mass is 435 g/mol. The molecule has 0 atom stereocenters. The van der Waals surface area contributed by atoms with Crippen molar-refractivity contribution in [3.63, 3.8) is 0 Å². The zero-order valence-corrected chi connectivity index (χ0v) is 18.0. The predicted octanol–water partition coefficient (Wildman–Crippen LogP) is 3.80. The Labute approximate surface area is 184 Å². The van der Waals surface area contributed by atoms with Crippen LogP contribution in [0.3, 0.4) is 0 Å². The Balaban J connectivity index is 1.82. The SMILES string of the molecule is CCOC(=O)CN(C(=O)CSc1nc2ccc(OC)cc2cc1C#N)c1ccccc1. The minimum absolute atomic E-state index is 0.0115. The summed E-state index contributed by atoms with van der Waals surface area (Å²) in [5.74, 6) is -0.0892. The molecule has 0 aliphatic carbocycles. The van der Waals surface area contributed by atoms with E-state index < -0.39 is 5.97 Å². The van der Waals surface area contributed by atoms with Crippen molar-refractivity contribution in [2.75, 3.05) is 30.9 Å². The second-order valence-electron chi connectivity index (χ2n) is 6.42. The molecule has 0 fully saturated rings. The van der Waals surface area contributed by atoms with E-state index in [1.807, 2.05) is 6.07 Å². The number of pyridine rings is 1. The number of benzene rings is 2. The van der Waals surface area contributed by atoms with E-state index in [1.165, 1.54) is 4.90 Å². The van der Waals surface area contributed by atoms with Crippen LogP contribution in [0.1, 0.15) is 12.5 Å². The number of esters is 1. The molecule has 0 radical (unpaired) electrons. The molecule has 0 unspecified atom stereocenters. The summed E-state index contributed by atoms with van der Waals surface area (Å²) < 4.78 is 10.2. The average Bonchev–Trinajstić information content (AvgIpc) is 2.80. The molecule has 0 aliphatic heterocycles. The van der Waals surface area contributed by atoms with E-state index in [1.54, 1.807) is 62.6 Å². The molecule has 1 heterocycles. The lowest BCUT2D eigenvalue weighted by atomic mass is 10.1. The minimum atomic E-state index is -0.486. The third-order valence-corrected chi connectivity index (χ3v) is 5.38. The van der Waals surface area contributed by atoms with Crippen LogP contribution in [-0.2, 0) is 14.3 Å². The lowest BCUT2D eigenvalue weighted by Gasteiger charge is -2.21. The summed E-state index contributed by atoms with van der Waals surface area (Å²) in [4.78, 5) is 30.9. The van der Waals surface area contributed by atoms with Gasteiger partial charge in [-0.05, 0) is 43.3 Å². The van der Waals surface area contributed by atoms with Crippen LogP contribution in [0.4, 0.5) is 5.69 Å². The Bertz CT molecular complexity index is 1130. The molecular weight excluding hydrogens is 414 g/mol. The van der Waals surface area contributed by atoms with E-state index >= 15 is 0 Å². The van der Waals surface area contributed by atoms with E-state index in [-0.39, 0.29) is 24.8 Å². The molecule has 31 heavy (non-hydrogen) atoms. The number of ether oxygens (including phenoxy) is 2.